The molecule has 0 spiro atoms. The second-order valence-corrected chi connectivity index (χ2v) is 11.4. The highest BCUT2D eigenvalue weighted by Crippen LogP contribution is 2.34. The molecule has 234 valence electrons. The van der Waals surface area contributed by atoms with Crippen molar-refractivity contribution < 1.29 is 23.4 Å². The molecule has 0 bridgehead atoms. The van der Waals surface area contributed by atoms with Crippen LogP contribution in [-0.4, -0.2) is 87.1 Å². The average molecular weight is 597 g/mol. The van der Waals surface area contributed by atoms with Crippen LogP contribution in [-0.2, 0) is 4.74 Å². The third kappa shape index (κ3) is 7.15. The summed E-state index contributed by atoms with van der Waals surface area (Å²) in [6, 6.07) is 10.8. The summed E-state index contributed by atoms with van der Waals surface area (Å²) in [5.41, 5.74) is 1.71. The lowest BCUT2D eigenvalue weighted by Gasteiger charge is -2.43. The number of rotatable bonds is 9. The Kier molecular flexibility index (Phi) is 10.1. The van der Waals surface area contributed by atoms with E-state index >= 15 is 4.39 Å². The van der Waals surface area contributed by atoms with Crippen LogP contribution in [0.25, 0.3) is 0 Å². The number of benzene rings is 2. The number of anilines is 3. The molecule has 0 radical (unpaired) electrons. The van der Waals surface area contributed by atoms with E-state index in [0.29, 0.717) is 47.6 Å². The van der Waals surface area contributed by atoms with E-state index < -0.39 is 11.9 Å². The van der Waals surface area contributed by atoms with E-state index in [1.54, 1.807) is 38.5 Å². The van der Waals surface area contributed by atoms with Crippen LogP contribution >= 0.6 is 0 Å². The fourth-order valence-corrected chi connectivity index (χ4v) is 5.49. The lowest BCUT2D eigenvalue weighted by atomic mass is 10.1. The molecule has 1 saturated heterocycles. The van der Waals surface area contributed by atoms with Gasteiger partial charge in [-0.05, 0) is 71.5 Å². The zero-order chi connectivity index (χ0) is 31.3. The Hall–Kier alpha value is -3.99. The summed E-state index contributed by atoms with van der Waals surface area (Å²) >= 11 is 0. The average Bonchev–Trinajstić information content (AvgIpc) is 2.96. The second kappa shape index (κ2) is 13.5. The first-order valence-electron chi connectivity index (χ1n) is 14.8. The Morgan fingerprint density at radius 2 is 1.95 bits per heavy atom. The number of hydrogen-bond donors (Lipinski definition) is 1. The number of carbonyl (C=O) groups excluding carboxylic acids is 1. The summed E-state index contributed by atoms with van der Waals surface area (Å²) in [5.74, 6) is -0.119. The highest BCUT2D eigenvalue weighted by atomic mass is 19.1. The molecule has 11 heteroatoms. The van der Waals surface area contributed by atoms with Crippen LogP contribution < -0.4 is 24.6 Å². The van der Waals surface area contributed by atoms with Gasteiger partial charge in [-0.15, -0.1) is 0 Å². The van der Waals surface area contributed by atoms with Gasteiger partial charge in [0.25, 0.3) is 0 Å². The minimum Gasteiger partial charge on any atom is -0.497 e. The molecule has 1 N–H and O–H groups in total. The Labute approximate surface area is 254 Å². The van der Waals surface area contributed by atoms with Crippen molar-refractivity contribution in [1.29, 1.82) is 0 Å². The number of hydrogen-bond acceptors (Lipinski definition) is 9. The maximum absolute atomic E-state index is 15.4. The second-order valence-electron chi connectivity index (χ2n) is 11.4. The molecule has 0 aromatic heterocycles. The van der Waals surface area contributed by atoms with E-state index in [4.69, 9.17) is 19.2 Å². The SMILES string of the molecule is CCCN(C(=O)OC1=NC(C)(Nc2ccc(N3CCN(C)C(C)C3)c(F)c2)N(C(C)C)C=C1)c1ccc(OC)cc1OC. The van der Waals surface area contributed by atoms with E-state index in [2.05, 4.69) is 29.1 Å². The molecule has 43 heavy (non-hydrogen) atoms. The fourth-order valence-electron chi connectivity index (χ4n) is 5.49. The molecule has 2 unspecified atom stereocenters. The van der Waals surface area contributed by atoms with Crippen LogP contribution in [0.5, 0.6) is 11.5 Å². The first-order chi connectivity index (χ1) is 20.5. The Balaban J connectivity index is 1.57. The van der Waals surface area contributed by atoms with Gasteiger partial charge in [-0.3, -0.25) is 4.90 Å². The Bertz CT molecular complexity index is 1350. The third-order valence-corrected chi connectivity index (χ3v) is 7.93. The van der Waals surface area contributed by atoms with Crippen molar-refractivity contribution in [3.05, 3.63) is 54.5 Å². The molecule has 1 fully saturated rings. The zero-order valence-corrected chi connectivity index (χ0v) is 26.6. The highest BCUT2D eigenvalue weighted by molar-refractivity contribution is 6.02. The summed E-state index contributed by atoms with van der Waals surface area (Å²) in [6.07, 6.45) is 3.60. The topological polar surface area (TPSA) is 82.1 Å². The minimum absolute atomic E-state index is 0.0471. The highest BCUT2D eigenvalue weighted by Gasteiger charge is 2.36. The van der Waals surface area contributed by atoms with E-state index in [9.17, 15) is 4.79 Å². The van der Waals surface area contributed by atoms with E-state index in [0.717, 1.165) is 19.6 Å². The number of piperazine rings is 1. The maximum atomic E-state index is 15.4. The third-order valence-electron chi connectivity index (χ3n) is 7.93. The number of nitrogens with one attached hydrogen (secondary N) is 1. The van der Waals surface area contributed by atoms with Crippen LogP contribution in [0.2, 0.25) is 0 Å². The van der Waals surface area contributed by atoms with Gasteiger partial charge in [0.15, 0.2) is 0 Å². The number of aliphatic imine (C=N–C) groups is 1. The van der Waals surface area contributed by atoms with Crippen LogP contribution in [0.4, 0.5) is 26.2 Å². The molecule has 0 aliphatic carbocycles. The molecule has 2 aromatic carbocycles. The zero-order valence-electron chi connectivity index (χ0n) is 26.6. The van der Waals surface area contributed by atoms with Crippen molar-refractivity contribution in [2.24, 2.45) is 4.99 Å². The maximum Gasteiger partial charge on any atom is 0.421 e. The predicted octanol–water partition coefficient (Wildman–Crippen LogP) is 5.76. The van der Waals surface area contributed by atoms with Crippen LogP contribution in [0.3, 0.4) is 0 Å². The van der Waals surface area contributed by atoms with Gasteiger partial charge in [-0.25, -0.2) is 14.2 Å². The molecule has 2 aliphatic heterocycles. The summed E-state index contributed by atoms with van der Waals surface area (Å²) < 4.78 is 32.1. The summed E-state index contributed by atoms with van der Waals surface area (Å²) in [5, 5.41) is 3.38. The van der Waals surface area contributed by atoms with E-state index in [1.807, 2.05) is 50.9 Å². The minimum atomic E-state index is -1.05. The van der Waals surface area contributed by atoms with Crippen molar-refractivity contribution in [2.75, 3.05) is 62.6 Å². The van der Waals surface area contributed by atoms with Gasteiger partial charge in [-0.2, -0.15) is 0 Å². The molecular formula is C32H45FN6O4. The summed E-state index contributed by atoms with van der Waals surface area (Å²) in [7, 11) is 5.21. The fraction of sp³-hybridized carbons (Fsp3) is 0.500. The monoisotopic (exact) mass is 596 g/mol. The van der Waals surface area contributed by atoms with Gasteiger partial charge in [0, 0.05) is 62.3 Å². The van der Waals surface area contributed by atoms with Crippen molar-refractivity contribution in [3.63, 3.8) is 0 Å². The lowest BCUT2D eigenvalue weighted by Crippen LogP contribution is -2.53. The van der Waals surface area contributed by atoms with Gasteiger partial charge < -0.3 is 34.2 Å². The molecule has 0 saturated carbocycles. The molecule has 2 atom stereocenters. The summed E-state index contributed by atoms with van der Waals surface area (Å²) in [6.45, 7) is 12.9. The smallest absolute Gasteiger partial charge is 0.421 e. The van der Waals surface area contributed by atoms with Gasteiger partial charge in [0.2, 0.25) is 11.7 Å². The standard InChI is InChI=1S/C32H45FN6O4/c1-9-15-38(28-13-11-25(41-7)20-29(28)42-8)31(40)43-30-14-16-39(22(2)3)32(5,35-30)34-24-10-12-27(26(33)19-24)37-18-17-36(6)23(4)21-37/h10-14,16,19-20,22-23,34H,9,15,17-18,21H2,1-8H3. The van der Waals surface area contributed by atoms with Gasteiger partial charge >= 0.3 is 6.09 Å². The quantitative estimate of drug-likeness (QED) is 0.392. The van der Waals surface area contributed by atoms with Crippen LogP contribution in [0.1, 0.15) is 41.0 Å². The van der Waals surface area contributed by atoms with Crippen LogP contribution in [0, 0.1) is 5.82 Å². The van der Waals surface area contributed by atoms with Crippen LogP contribution in [0.15, 0.2) is 53.7 Å². The lowest BCUT2D eigenvalue weighted by molar-refractivity contribution is 0.154. The molecule has 4 rings (SSSR count). The Morgan fingerprint density at radius 3 is 2.58 bits per heavy atom. The number of ether oxygens (including phenoxy) is 3. The summed E-state index contributed by atoms with van der Waals surface area (Å²) in [4.78, 5) is 26.2. The molecule has 10 nitrogen and oxygen atoms in total. The first kappa shape index (κ1) is 31.9. The number of amides is 1. The largest absolute Gasteiger partial charge is 0.497 e. The number of methoxy groups -OCH3 is 2. The molecular weight excluding hydrogens is 551 g/mol. The van der Waals surface area contributed by atoms with Crippen molar-refractivity contribution in [3.8, 4) is 11.5 Å². The predicted molar refractivity (Wildman–Crippen MR) is 170 cm³/mol. The van der Waals surface area contributed by atoms with Gasteiger partial charge in [-0.1, -0.05) is 6.92 Å². The molecule has 2 heterocycles. The van der Waals surface area contributed by atoms with Crippen molar-refractivity contribution in [1.82, 2.24) is 9.80 Å². The van der Waals surface area contributed by atoms with Crippen molar-refractivity contribution in [2.45, 2.75) is 58.9 Å². The van der Waals surface area contributed by atoms with Crippen molar-refractivity contribution >= 4 is 29.1 Å². The molecule has 1 amide bonds. The molecule has 2 aliphatic rings. The molecule has 2 aromatic rings. The number of likely N-dealkylation sites (N-methyl/N-ethyl adjacent to an activating group) is 1. The first-order valence-corrected chi connectivity index (χ1v) is 14.8. The van der Waals surface area contributed by atoms with Gasteiger partial charge in [0.1, 0.15) is 17.3 Å². The number of halogens is 1. The van der Waals surface area contributed by atoms with E-state index in [-0.39, 0.29) is 17.8 Å². The van der Waals surface area contributed by atoms with E-state index in [1.165, 1.54) is 11.0 Å². The van der Waals surface area contributed by atoms with Gasteiger partial charge in [0.05, 0.1) is 25.6 Å². The Morgan fingerprint density at radius 1 is 1.19 bits per heavy atom. The number of nitrogens with zero attached hydrogens (tertiary/aromatic N) is 5. The normalized spacial score (nSPS) is 20.6. The number of carbonyl (C=O) groups is 1.